The summed E-state index contributed by atoms with van der Waals surface area (Å²) in [5.74, 6) is 1.88. The smallest absolute Gasteiger partial charge is 0.0412 e. The van der Waals surface area contributed by atoms with E-state index < -0.39 is 0 Å². The van der Waals surface area contributed by atoms with Crippen molar-refractivity contribution in [1.29, 1.82) is 0 Å². The Labute approximate surface area is 79.4 Å². The Morgan fingerprint density at radius 3 is 2.73 bits per heavy atom. The first-order valence-corrected chi connectivity index (χ1v) is 5.82. The van der Waals surface area contributed by atoms with Crippen molar-refractivity contribution in [3.8, 4) is 0 Å². The molecule has 0 N–H and O–H groups in total. The zero-order valence-electron chi connectivity index (χ0n) is 7.18. The molecule has 0 amide bonds. The molecule has 0 aromatic rings. The normalized spacial score (nSPS) is 11.1. The van der Waals surface area contributed by atoms with Crippen LogP contribution in [0.15, 0.2) is 11.5 Å². The van der Waals surface area contributed by atoms with Crippen molar-refractivity contribution in [1.82, 2.24) is 0 Å². The summed E-state index contributed by atoms with van der Waals surface area (Å²) in [6.45, 7) is 2.24. The van der Waals surface area contributed by atoms with Gasteiger partial charge in [-0.3, -0.25) is 0 Å². The highest BCUT2D eigenvalue weighted by molar-refractivity contribution is 8.02. The monoisotopic (exact) mass is 192 g/mol. The lowest BCUT2D eigenvalue weighted by molar-refractivity contribution is 0.707. The van der Waals surface area contributed by atoms with Crippen LogP contribution in [-0.4, -0.2) is 11.6 Å². The summed E-state index contributed by atoms with van der Waals surface area (Å²) in [6.07, 6.45) is 7.40. The fourth-order valence-corrected chi connectivity index (χ4v) is 1.72. The van der Waals surface area contributed by atoms with E-state index in [0.717, 1.165) is 0 Å². The van der Waals surface area contributed by atoms with Crippen molar-refractivity contribution in [2.45, 2.75) is 32.6 Å². The molecule has 0 aliphatic carbocycles. The van der Waals surface area contributed by atoms with Crippen LogP contribution in [0.4, 0.5) is 0 Å². The molecule has 0 saturated carbocycles. The van der Waals surface area contributed by atoms with Gasteiger partial charge in [0.25, 0.3) is 0 Å². The van der Waals surface area contributed by atoms with Gasteiger partial charge >= 0.3 is 0 Å². The van der Waals surface area contributed by atoms with Gasteiger partial charge in [-0.2, -0.15) is 0 Å². The Kier molecular flexibility index (Phi) is 10.7. The SMILES string of the molecule is CCCCCCS/C=C/CCl. The molecule has 0 aromatic carbocycles. The molecule has 0 fully saturated rings. The molecule has 66 valence electrons. The molecule has 0 unspecified atom stereocenters. The van der Waals surface area contributed by atoms with Gasteiger partial charge in [-0.15, -0.1) is 23.4 Å². The summed E-state index contributed by atoms with van der Waals surface area (Å²) < 4.78 is 0. The summed E-state index contributed by atoms with van der Waals surface area (Å²) in [7, 11) is 0. The van der Waals surface area contributed by atoms with Gasteiger partial charge in [-0.05, 0) is 17.6 Å². The minimum atomic E-state index is 0.641. The molecule has 0 bridgehead atoms. The summed E-state index contributed by atoms with van der Waals surface area (Å²) >= 11 is 7.33. The molecule has 0 nitrogen and oxygen atoms in total. The number of halogens is 1. The Morgan fingerprint density at radius 2 is 2.09 bits per heavy atom. The van der Waals surface area contributed by atoms with E-state index in [1.165, 1.54) is 31.4 Å². The van der Waals surface area contributed by atoms with Gasteiger partial charge in [-0.1, -0.05) is 32.3 Å². The second-order valence-electron chi connectivity index (χ2n) is 2.46. The highest BCUT2D eigenvalue weighted by Crippen LogP contribution is 2.08. The largest absolute Gasteiger partial charge is 0.134 e. The number of hydrogen-bond donors (Lipinski definition) is 0. The second kappa shape index (κ2) is 10.4. The molecule has 0 spiro atoms. The standard InChI is InChI=1S/C9H17ClS/c1-2-3-4-5-8-11-9-6-7-10/h6,9H,2-5,7-8H2,1H3/b9-6+. The highest BCUT2D eigenvalue weighted by atomic mass is 35.5. The van der Waals surface area contributed by atoms with E-state index in [-0.39, 0.29) is 0 Å². The third kappa shape index (κ3) is 10.4. The predicted octanol–water partition coefficient (Wildman–Crippen LogP) is 4.05. The van der Waals surface area contributed by atoms with Crippen molar-refractivity contribution in [2.75, 3.05) is 11.6 Å². The average Bonchev–Trinajstić information content (AvgIpc) is 2.03. The fourth-order valence-electron chi connectivity index (χ4n) is 0.785. The van der Waals surface area contributed by atoms with Crippen molar-refractivity contribution >= 4 is 23.4 Å². The van der Waals surface area contributed by atoms with E-state index in [0.29, 0.717) is 5.88 Å². The van der Waals surface area contributed by atoms with Crippen LogP contribution in [0, 0.1) is 0 Å². The average molecular weight is 193 g/mol. The summed E-state index contributed by atoms with van der Waals surface area (Å²) in [4.78, 5) is 0. The van der Waals surface area contributed by atoms with E-state index in [2.05, 4.69) is 12.3 Å². The molecule has 0 saturated heterocycles. The van der Waals surface area contributed by atoms with Gasteiger partial charge in [0.1, 0.15) is 0 Å². The third-order valence-electron chi connectivity index (χ3n) is 1.40. The molecule has 0 aromatic heterocycles. The molecule has 0 radical (unpaired) electrons. The summed E-state index contributed by atoms with van der Waals surface area (Å²) in [5, 5.41) is 2.10. The first kappa shape index (κ1) is 11.4. The predicted molar refractivity (Wildman–Crippen MR) is 56.5 cm³/mol. The van der Waals surface area contributed by atoms with Gasteiger partial charge in [0.2, 0.25) is 0 Å². The second-order valence-corrected chi connectivity index (χ2v) is 3.78. The molecule has 0 aliphatic rings. The van der Waals surface area contributed by atoms with Crippen LogP contribution >= 0.6 is 23.4 Å². The fraction of sp³-hybridized carbons (Fsp3) is 0.778. The van der Waals surface area contributed by atoms with Crippen molar-refractivity contribution in [3.63, 3.8) is 0 Å². The molecule has 0 rings (SSSR count). The van der Waals surface area contributed by atoms with Crippen LogP contribution in [0.5, 0.6) is 0 Å². The number of hydrogen-bond acceptors (Lipinski definition) is 1. The van der Waals surface area contributed by atoms with Gasteiger partial charge in [0.15, 0.2) is 0 Å². The molecule has 2 heteroatoms. The van der Waals surface area contributed by atoms with Crippen LogP contribution in [0.1, 0.15) is 32.6 Å². The summed E-state index contributed by atoms with van der Waals surface area (Å²) in [5.41, 5.74) is 0. The zero-order chi connectivity index (χ0) is 8.36. The lowest BCUT2D eigenvalue weighted by Crippen LogP contribution is -1.77. The minimum absolute atomic E-state index is 0.641. The summed E-state index contributed by atoms with van der Waals surface area (Å²) in [6, 6.07) is 0. The van der Waals surface area contributed by atoms with Gasteiger partial charge in [0.05, 0.1) is 0 Å². The number of rotatable bonds is 7. The molecular formula is C9H17ClS. The Bertz CT molecular complexity index is 91.6. The minimum Gasteiger partial charge on any atom is -0.134 e. The van der Waals surface area contributed by atoms with Gasteiger partial charge in [-0.25, -0.2) is 0 Å². The number of thioether (sulfide) groups is 1. The first-order valence-electron chi connectivity index (χ1n) is 4.24. The molecule has 0 aliphatic heterocycles. The van der Waals surface area contributed by atoms with Crippen molar-refractivity contribution in [3.05, 3.63) is 11.5 Å². The zero-order valence-corrected chi connectivity index (χ0v) is 8.76. The van der Waals surface area contributed by atoms with Crippen LogP contribution < -0.4 is 0 Å². The number of alkyl halides is 1. The van der Waals surface area contributed by atoms with E-state index >= 15 is 0 Å². The van der Waals surface area contributed by atoms with Crippen molar-refractivity contribution < 1.29 is 0 Å². The van der Waals surface area contributed by atoms with Crippen LogP contribution in [0.2, 0.25) is 0 Å². The van der Waals surface area contributed by atoms with E-state index in [9.17, 15) is 0 Å². The Hall–Kier alpha value is 0.380. The highest BCUT2D eigenvalue weighted by Gasteiger charge is 1.85. The van der Waals surface area contributed by atoms with E-state index in [4.69, 9.17) is 11.6 Å². The quantitative estimate of drug-likeness (QED) is 0.433. The van der Waals surface area contributed by atoms with E-state index in [1.807, 2.05) is 17.8 Å². The lowest BCUT2D eigenvalue weighted by Gasteiger charge is -1.95. The first-order chi connectivity index (χ1) is 5.41. The van der Waals surface area contributed by atoms with Crippen LogP contribution in [0.3, 0.4) is 0 Å². The number of allylic oxidation sites excluding steroid dienone is 1. The maximum atomic E-state index is 5.46. The Balaban J connectivity index is 2.85. The van der Waals surface area contributed by atoms with E-state index in [1.54, 1.807) is 0 Å². The lowest BCUT2D eigenvalue weighted by atomic mass is 10.2. The van der Waals surface area contributed by atoms with Crippen LogP contribution in [-0.2, 0) is 0 Å². The molecule has 0 atom stereocenters. The maximum absolute atomic E-state index is 5.46. The Morgan fingerprint density at radius 1 is 1.27 bits per heavy atom. The maximum Gasteiger partial charge on any atom is 0.0412 e. The van der Waals surface area contributed by atoms with Crippen molar-refractivity contribution in [2.24, 2.45) is 0 Å². The third-order valence-corrected chi connectivity index (χ3v) is 2.48. The van der Waals surface area contributed by atoms with Crippen LogP contribution in [0.25, 0.3) is 0 Å². The molecule has 0 heterocycles. The van der Waals surface area contributed by atoms with Gasteiger partial charge in [0, 0.05) is 5.88 Å². The van der Waals surface area contributed by atoms with Gasteiger partial charge < -0.3 is 0 Å². The number of unbranched alkanes of at least 4 members (excludes halogenated alkanes) is 3. The molecule has 11 heavy (non-hydrogen) atoms. The molecular weight excluding hydrogens is 176 g/mol. The topological polar surface area (TPSA) is 0 Å².